The van der Waals surface area contributed by atoms with E-state index < -0.39 is 10.0 Å². The molecule has 0 aliphatic carbocycles. The van der Waals surface area contributed by atoms with E-state index in [0.717, 1.165) is 16.0 Å². The number of rotatable bonds is 7. The number of hydrogen-bond donors (Lipinski definition) is 2. The van der Waals surface area contributed by atoms with Crippen LogP contribution in [0.2, 0.25) is 0 Å². The van der Waals surface area contributed by atoms with Gasteiger partial charge in [0.15, 0.2) is 0 Å². The minimum absolute atomic E-state index is 0.0296. The summed E-state index contributed by atoms with van der Waals surface area (Å²) in [6, 6.07) is 19.6. The lowest BCUT2D eigenvalue weighted by molar-refractivity contribution is 0.0940. The van der Waals surface area contributed by atoms with Crippen LogP contribution in [0.3, 0.4) is 0 Å². The molecule has 0 spiro atoms. The Morgan fingerprint density at radius 1 is 1.09 bits per heavy atom. The fraction of sp³-hybridized carbons (Fsp3) is 0.130. The third-order valence-electron chi connectivity index (χ3n) is 5.00. The van der Waals surface area contributed by atoms with Crippen LogP contribution in [0.15, 0.2) is 83.2 Å². The van der Waals surface area contributed by atoms with Crippen LogP contribution in [0, 0.1) is 0 Å². The number of aromatic nitrogens is 2. The topological polar surface area (TPSA) is 107 Å². The van der Waals surface area contributed by atoms with Crippen LogP contribution < -0.4 is 10.5 Å². The molecule has 1 amide bonds. The number of hydrogen-bond acceptors (Lipinski definition) is 5. The zero-order valence-electron chi connectivity index (χ0n) is 17.3. The minimum atomic E-state index is -3.76. The maximum Gasteiger partial charge on any atom is 0.255 e. The van der Waals surface area contributed by atoms with Gasteiger partial charge in [0.25, 0.3) is 5.91 Å². The lowest BCUT2D eigenvalue weighted by atomic mass is 10.1. The quantitative estimate of drug-likeness (QED) is 0.432. The first-order valence-corrected chi connectivity index (χ1v) is 12.3. The van der Waals surface area contributed by atoms with Crippen molar-refractivity contribution in [1.29, 1.82) is 0 Å². The number of carbonyl (C=O) groups excluding carboxylic acids is 1. The highest BCUT2D eigenvalue weighted by Crippen LogP contribution is 2.27. The summed E-state index contributed by atoms with van der Waals surface area (Å²) < 4.78 is 24.7. The van der Waals surface area contributed by atoms with Crippen molar-refractivity contribution in [3.63, 3.8) is 0 Å². The summed E-state index contributed by atoms with van der Waals surface area (Å²) in [4.78, 5) is 14.1. The number of amides is 1. The Labute approximate surface area is 190 Å². The van der Waals surface area contributed by atoms with Crippen LogP contribution in [0.25, 0.3) is 10.6 Å². The summed E-state index contributed by atoms with van der Waals surface area (Å²) >= 11 is 1.52. The van der Waals surface area contributed by atoms with Crippen LogP contribution in [-0.4, -0.2) is 24.1 Å². The second-order valence-electron chi connectivity index (χ2n) is 7.36. The molecule has 3 N–H and O–H groups in total. The molecule has 0 saturated carbocycles. The Balaban J connectivity index is 1.58. The molecule has 32 heavy (non-hydrogen) atoms. The number of thiophene rings is 1. The normalized spacial score (nSPS) is 12.4. The van der Waals surface area contributed by atoms with Crippen LogP contribution in [0.4, 0.5) is 0 Å². The summed E-state index contributed by atoms with van der Waals surface area (Å²) in [5, 5.41) is 14.8. The van der Waals surface area contributed by atoms with Crippen molar-refractivity contribution in [3.8, 4) is 10.6 Å². The Kier molecular flexibility index (Phi) is 6.22. The lowest BCUT2D eigenvalue weighted by Gasteiger charge is -2.14. The van der Waals surface area contributed by atoms with Crippen molar-refractivity contribution < 1.29 is 13.2 Å². The van der Waals surface area contributed by atoms with E-state index in [1.807, 2.05) is 54.8 Å². The molecular formula is C23H22N4O3S2. The predicted molar refractivity (Wildman–Crippen MR) is 125 cm³/mol. The summed E-state index contributed by atoms with van der Waals surface area (Å²) in [5.74, 6) is -0.254. The van der Waals surface area contributed by atoms with Gasteiger partial charge in [-0.05, 0) is 41.6 Å². The van der Waals surface area contributed by atoms with Crippen molar-refractivity contribution >= 4 is 27.3 Å². The van der Waals surface area contributed by atoms with E-state index in [1.165, 1.54) is 23.5 Å². The minimum Gasteiger partial charge on any atom is -0.345 e. The molecule has 1 atom stereocenters. The number of nitrogens with zero attached hydrogens (tertiary/aromatic N) is 2. The first-order chi connectivity index (χ1) is 15.3. The molecule has 0 radical (unpaired) electrons. The van der Waals surface area contributed by atoms with Gasteiger partial charge in [0, 0.05) is 6.20 Å². The number of nitrogens with two attached hydrogens (primary N) is 1. The number of primary sulfonamides is 1. The van der Waals surface area contributed by atoms with E-state index in [1.54, 1.807) is 23.0 Å². The first-order valence-electron chi connectivity index (χ1n) is 9.90. The molecule has 4 rings (SSSR count). The van der Waals surface area contributed by atoms with Crippen molar-refractivity contribution in [1.82, 2.24) is 15.1 Å². The summed E-state index contributed by atoms with van der Waals surface area (Å²) in [7, 11) is -3.76. The summed E-state index contributed by atoms with van der Waals surface area (Å²) in [6.07, 6.45) is 1.76. The fourth-order valence-corrected chi connectivity index (χ4v) is 4.58. The maximum absolute atomic E-state index is 13.2. The molecule has 0 bridgehead atoms. The zero-order chi connectivity index (χ0) is 22.7. The van der Waals surface area contributed by atoms with Gasteiger partial charge in [0.1, 0.15) is 5.69 Å². The van der Waals surface area contributed by atoms with Crippen LogP contribution >= 0.6 is 11.3 Å². The van der Waals surface area contributed by atoms with Crippen molar-refractivity contribution in [3.05, 3.63) is 95.0 Å². The summed E-state index contributed by atoms with van der Waals surface area (Å²) in [5.41, 5.74) is 2.96. The summed E-state index contributed by atoms with van der Waals surface area (Å²) in [6.45, 7) is 2.39. The Hall–Kier alpha value is -3.27. The van der Waals surface area contributed by atoms with E-state index in [2.05, 4.69) is 10.4 Å². The second-order valence-corrected chi connectivity index (χ2v) is 9.87. The molecule has 4 aromatic rings. The second kappa shape index (κ2) is 9.07. The Bertz CT molecular complexity index is 1310. The van der Waals surface area contributed by atoms with E-state index in [4.69, 9.17) is 5.14 Å². The number of carbonyl (C=O) groups is 1. The number of benzene rings is 2. The van der Waals surface area contributed by atoms with Crippen LogP contribution in [0.1, 0.15) is 34.5 Å². The monoisotopic (exact) mass is 466 g/mol. The maximum atomic E-state index is 13.2. The Morgan fingerprint density at radius 3 is 2.44 bits per heavy atom. The van der Waals surface area contributed by atoms with Crippen LogP contribution in [-0.2, 0) is 16.6 Å². The first kappa shape index (κ1) is 21.9. The van der Waals surface area contributed by atoms with E-state index in [0.29, 0.717) is 17.8 Å². The van der Waals surface area contributed by atoms with Gasteiger partial charge >= 0.3 is 0 Å². The SMILES string of the molecule is C[C@@H](NC(=O)c1cn(Cc2ccccc2)nc1-c1cccs1)c1ccc(S(N)(=O)=O)cc1. The highest BCUT2D eigenvalue weighted by atomic mass is 32.2. The van der Waals surface area contributed by atoms with Gasteiger partial charge in [-0.15, -0.1) is 11.3 Å². The van der Waals surface area contributed by atoms with Crippen LogP contribution in [0.5, 0.6) is 0 Å². The van der Waals surface area contributed by atoms with Gasteiger partial charge in [0.05, 0.1) is 27.9 Å². The molecule has 7 nitrogen and oxygen atoms in total. The molecule has 2 aromatic carbocycles. The van der Waals surface area contributed by atoms with Gasteiger partial charge < -0.3 is 5.32 Å². The molecule has 0 aliphatic heterocycles. The molecule has 164 valence electrons. The molecular weight excluding hydrogens is 444 g/mol. The third-order valence-corrected chi connectivity index (χ3v) is 6.81. The largest absolute Gasteiger partial charge is 0.345 e. The zero-order valence-corrected chi connectivity index (χ0v) is 18.9. The van der Waals surface area contributed by atoms with Crippen molar-refractivity contribution in [2.45, 2.75) is 24.4 Å². The molecule has 0 unspecified atom stereocenters. The highest BCUT2D eigenvalue weighted by molar-refractivity contribution is 7.89. The van der Waals surface area contributed by atoms with Gasteiger partial charge in [0.2, 0.25) is 10.0 Å². The molecule has 0 aliphatic rings. The van der Waals surface area contributed by atoms with Gasteiger partial charge in [-0.3, -0.25) is 9.48 Å². The average molecular weight is 467 g/mol. The van der Waals surface area contributed by atoms with E-state index >= 15 is 0 Å². The standard InChI is InChI=1S/C23H22N4O3S2/c1-16(18-9-11-19(12-10-18)32(24,29)30)25-23(28)20-15-27(14-17-6-3-2-4-7-17)26-22(20)21-8-5-13-31-21/h2-13,15-16H,14H2,1H3,(H,25,28)(H2,24,29,30)/t16-/m1/s1. The Morgan fingerprint density at radius 2 is 1.81 bits per heavy atom. The average Bonchev–Trinajstić information content (AvgIpc) is 3.44. The van der Waals surface area contributed by atoms with Gasteiger partial charge in [-0.25, -0.2) is 13.6 Å². The van der Waals surface area contributed by atoms with Gasteiger partial charge in [-0.2, -0.15) is 5.10 Å². The number of sulfonamides is 1. The highest BCUT2D eigenvalue weighted by Gasteiger charge is 2.21. The molecule has 0 saturated heterocycles. The molecule has 9 heteroatoms. The molecule has 2 aromatic heterocycles. The molecule has 0 fully saturated rings. The van der Waals surface area contributed by atoms with E-state index in [9.17, 15) is 13.2 Å². The molecule has 2 heterocycles. The van der Waals surface area contributed by atoms with Gasteiger partial charge in [-0.1, -0.05) is 48.5 Å². The fourth-order valence-electron chi connectivity index (χ4n) is 3.34. The predicted octanol–water partition coefficient (Wildman–Crippen LogP) is 3.80. The van der Waals surface area contributed by atoms with Crippen molar-refractivity contribution in [2.75, 3.05) is 0 Å². The smallest absolute Gasteiger partial charge is 0.255 e. The third kappa shape index (κ3) is 4.96. The lowest BCUT2D eigenvalue weighted by Crippen LogP contribution is -2.26. The van der Waals surface area contributed by atoms with Crippen molar-refractivity contribution in [2.24, 2.45) is 5.14 Å². The van der Waals surface area contributed by atoms with E-state index in [-0.39, 0.29) is 16.8 Å². The number of nitrogens with one attached hydrogen (secondary N) is 1.